The van der Waals surface area contributed by atoms with Gasteiger partial charge in [-0.3, -0.25) is 4.79 Å². The van der Waals surface area contributed by atoms with Crippen molar-refractivity contribution in [1.29, 1.82) is 0 Å². The standard InChI is InChI=1S/C13H20BrNO2S/c1-9(2)4-6-17-7-5-15-13(16)11-8-10(3)12(14)18-11/h8-9H,4-7H2,1-3H3,(H,15,16). The third kappa shape index (κ3) is 5.50. The van der Waals surface area contributed by atoms with Crippen molar-refractivity contribution in [2.45, 2.75) is 27.2 Å². The number of hydrogen-bond donors (Lipinski definition) is 1. The molecule has 0 aliphatic rings. The maximum atomic E-state index is 11.8. The largest absolute Gasteiger partial charge is 0.380 e. The number of carbonyl (C=O) groups is 1. The van der Waals surface area contributed by atoms with Crippen LogP contribution in [-0.4, -0.2) is 25.7 Å². The zero-order valence-corrected chi connectivity index (χ0v) is 13.5. The number of carbonyl (C=O) groups excluding carboxylic acids is 1. The molecule has 1 aromatic rings. The van der Waals surface area contributed by atoms with Crippen molar-refractivity contribution in [3.8, 4) is 0 Å². The zero-order chi connectivity index (χ0) is 13.5. The van der Waals surface area contributed by atoms with Crippen molar-refractivity contribution in [3.63, 3.8) is 0 Å². The Morgan fingerprint density at radius 2 is 2.22 bits per heavy atom. The molecule has 102 valence electrons. The summed E-state index contributed by atoms with van der Waals surface area (Å²) in [5.74, 6) is 0.632. The first-order valence-electron chi connectivity index (χ1n) is 6.12. The number of ether oxygens (including phenoxy) is 1. The van der Waals surface area contributed by atoms with E-state index < -0.39 is 0 Å². The lowest BCUT2D eigenvalue weighted by molar-refractivity contribution is 0.0909. The van der Waals surface area contributed by atoms with Gasteiger partial charge in [-0.1, -0.05) is 13.8 Å². The average Bonchev–Trinajstić information content (AvgIpc) is 2.63. The van der Waals surface area contributed by atoms with Crippen molar-refractivity contribution >= 4 is 33.2 Å². The van der Waals surface area contributed by atoms with Crippen LogP contribution in [0, 0.1) is 12.8 Å². The summed E-state index contributed by atoms with van der Waals surface area (Å²) in [6.45, 7) is 8.21. The van der Waals surface area contributed by atoms with Gasteiger partial charge in [0.15, 0.2) is 0 Å². The van der Waals surface area contributed by atoms with Gasteiger partial charge in [-0.05, 0) is 46.8 Å². The van der Waals surface area contributed by atoms with Gasteiger partial charge < -0.3 is 10.1 Å². The van der Waals surface area contributed by atoms with Crippen LogP contribution in [0.1, 0.15) is 35.5 Å². The second kappa shape index (κ2) is 7.92. The van der Waals surface area contributed by atoms with E-state index in [9.17, 15) is 4.79 Å². The number of rotatable bonds is 7. The zero-order valence-electron chi connectivity index (χ0n) is 11.1. The topological polar surface area (TPSA) is 38.3 Å². The molecule has 18 heavy (non-hydrogen) atoms. The summed E-state index contributed by atoms with van der Waals surface area (Å²) < 4.78 is 6.45. The Kier molecular flexibility index (Phi) is 6.89. The molecule has 0 spiro atoms. The van der Waals surface area contributed by atoms with Crippen LogP contribution < -0.4 is 5.32 Å². The minimum absolute atomic E-state index is 0.0266. The van der Waals surface area contributed by atoms with E-state index >= 15 is 0 Å². The van der Waals surface area contributed by atoms with Crippen LogP contribution in [0.4, 0.5) is 0 Å². The quantitative estimate of drug-likeness (QED) is 0.774. The maximum absolute atomic E-state index is 11.8. The molecule has 0 saturated carbocycles. The van der Waals surface area contributed by atoms with Crippen molar-refractivity contribution < 1.29 is 9.53 Å². The van der Waals surface area contributed by atoms with Crippen molar-refractivity contribution in [2.75, 3.05) is 19.8 Å². The summed E-state index contributed by atoms with van der Waals surface area (Å²) in [5.41, 5.74) is 1.10. The van der Waals surface area contributed by atoms with E-state index in [1.54, 1.807) is 0 Å². The Bertz CT molecular complexity index is 371. The molecule has 0 atom stereocenters. The van der Waals surface area contributed by atoms with Gasteiger partial charge in [-0.25, -0.2) is 0 Å². The van der Waals surface area contributed by atoms with E-state index in [-0.39, 0.29) is 5.91 Å². The Balaban J connectivity index is 2.18. The van der Waals surface area contributed by atoms with Gasteiger partial charge in [0.05, 0.1) is 15.3 Å². The molecule has 1 heterocycles. The first kappa shape index (κ1) is 15.7. The molecule has 0 unspecified atom stereocenters. The van der Waals surface area contributed by atoms with Crippen molar-refractivity contribution in [1.82, 2.24) is 5.32 Å². The SMILES string of the molecule is Cc1cc(C(=O)NCCOCCC(C)C)sc1Br. The van der Waals surface area contributed by atoms with Gasteiger partial charge in [0, 0.05) is 13.2 Å². The highest BCUT2D eigenvalue weighted by molar-refractivity contribution is 9.11. The molecule has 1 amide bonds. The first-order chi connectivity index (χ1) is 8.50. The smallest absolute Gasteiger partial charge is 0.261 e. The fourth-order valence-corrected chi connectivity index (χ4v) is 2.77. The Labute approximate surface area is 121 Å². The molecule has 1 N–H and O–H groups in total. The summed E-state index contributed by atoms with van der Waals surface area (Å²) in [4.78, 5) is 12.5. The molecule has 0 aromatic carbocycles. The van der Waals surface area contributed by atoms with Crippen LogP contribution in [0.15, 0.2) is 9.85 Å². The van der Waals surface area contributed by atoms with E-state index in [1.165, 1.54) is 11.3 Å². The molecular weight excluding hydrogens is 314 g/mol. The lowest BCUT2D eigenvalue weighted by Crippen LogP contribution is -2.26. The Morgan fingerprint density at radius 1 is 1.50 bits per heavy atom. The monoisotopic (exact) mass is 333 g/mol. The number of halogens is 1. The van der Waals surface area contributed by atoms with E-state index in [4.69, 9.17) is 4.74 Å². The summed E-state index contributed by atoms with van der Waals surface area (Å²) >= 11 is 4.87. The van der Waals surface area contributed by atoms with Crippen LogP contribution in [-0.2, 0) is 4.74 Å². The summed E-state index contributed by atoms with van der Waals surface area (Å²) in [6.07, 6.45) is 1.06. The summed E-state index contributed by atoms with van der Waals surface area (Å²) in [6, 6.07) is 1.89. The Hall–Kier alpha value is -0.390. The predicted octanol–water partition coefficient (Wildman–Crippen LogP) is 3.61. The molecule has 5 heteroatoms. The fourth-order valence-electron chi connectivity index (χ4n) is 1.32. The second-order valence-electron chi connectivity index (χ2n) is 4.62. The lowest BCUT2D eigenvalue weighted by Gasteiger charge is -2.07. The van der Waals surface area contributed by atoms with Gasteiger partial charge in [0.25, 0.3) is 5.91 Å². The van der Waals surface area contributed by atoms with Gasteiger partial charge in [0.2, 0.25) is 0 Å². The van der Waals surface area contributed by atoms with E-state index in [2.05, 4.69) is 35.1 Å². The van der Waals surface area contributed by atoms with Crippen molar-refractivity contribution in [2.24, 2.45) is 5.92 Å². The van der Waals surface area contributed by atoms with Gasteiger partial charge in [-0.2, -0.15) is 0 Å². The number of amides is 1. The molecule has 0 saturated heterocycles. The fraction of sp³-hybridized carbons (Fsp3) is 0.615. The minimum atomic E-state index is -0.0266. The molecule has 0 radical (unpaired) electrons. The molecule has 3 nitrogen and oxygen atoms in total. The van der Waals surface area contributed by atoms with E-state index in [0.29, 0.717) is 19.1 Å². The molecule has 0 aliphatic heterocycles. The third-order valence-electron chi connectivity index (χ3n) is 2.45. The molecule has 1 aromatic heterocycles. The van der Waals surface area contributed by atoms with E-state index in [1.807, 2.05) is 13.0 Å². The third-order valence-corrected chi connectivity index (χ3v) is 4.59. The van der Waals surface area contributed by atoms with E-state index in [0.717, 1.165) is 27.3 Å². The summed E-state index contributed by atoms with van der Waals surface area (Å²) in [7, 11) is 0. The number of aryl methyl sites for hydroxylation is 1. The predicted molar refractivity (Wildman–Crippen MR) is 79.4 cm³/mol. The minimum Gasteiger partial charge on any atom is -0.380 e. The molecule has 0 aliphatic carbocycles. The average molecular weight is 334 g/mol. The number of nitrogens with one attached hydrogen (secondary N) is 1. The normalized spacial score (nSPS) is 10.9. The van der Waals surface area contributed by atoms with Crippen LogP contribution >= 0.6 is 27.3 Å². The maximum Gasteiger partial charge on any atom is 0.261 e. The Morgan fingerprint density at radius 3 is 2.78 bits per heavy atom. The number of hydrogen-bond acceptors (Lipinski definition) is 3. The van der Waals surface area contributed by atoms with Crippen LogP contribution in [0.2, 0.25) is 0 Å². The van der Waals surface area contributed by atoms with Crippen LogP contribution in [0.3, 0.4) is 0 Å². The van der Waals surface area contributed by atoms with Gasteiger partial charge in [0.1, 0.15) is 0 Å². The lowest BCUT2D eigenvalue weighted by atomic mass is 10.1. The molecule has 1 rings (SSSR count). The molecule has 0 fully saturated rings. The van der Waals surface area contributed by atoms with Crippen molar-refractivity contribution in [3.05, 3.63) is 20.3 Å². The molecular formula is C13H20BrNO2S. The van der Waals surface area contributed by atoms with Crippen LogP contribution in [0.5, 0.6) is 0 Å². The summed E-state index contributed by atoms with van der Waals surface area (Å²) in [5, 5.41) is 2.85. The van der Waals surface area contributed by atoms with Gasteiger partial charge in [-0.15, -0.1) is 11.3 Å². The first-order valence-corrected chi connectivity index (χ1v) is 7.73. The van der Waals surface area contributed by atoms with Crippen LogP contribution in [0.25, 0.3) is 0 Å². The number of thiophene rings is 1. The molecule has 0 bridgehead atoms. The second-order valence-corrected chi connectivity index (χ2v) is 6.99. The highest BCUT2D eigenvalue weighted by Gasteiger charge is 2.10. The van der Waals surface area contributed by atoms with Gasteiger partial charge >= 0.3 is 0 Å². The highest BCUT2D eigenvalue weighted by Crippen LogP contribution is 2.27. The highest BCUT2D eigenvalue weighted by atomic mass is 79.9.